The van der Waals surface area contributed by atoms with Gasteiger partial charge in [-0.1, -0.05) is 29.5 Å². The van der Waals surface area contributed by atoms with Gasteiger partial charge >= 0.3 is 6.09 Å². The first kappa shape index (κ1) is 27.8. The average molecular weight is 559 g/mol. The molecule has 0 radical (unpaired) electrons. The van der Waals surface area contributed by atoms with Crippen LogP contribution in [0, 0.1) is 17.3 Å². The molecule has 3 heterocycles. The van der Waals surface area contributed by atoms with Gasteiger partial charge in [0.25, 0.3) is 5.91 Å². The van der Waals surface area contributed by atoms with Crippen molar-refractivity contribution in [3.8, 4) is 11.8 Å². The molecule has 2 saturated heterocycles. The van der Waals surface area contributed by atoms with Crippen LogP contribution in [0.15, 0.2) is 48.7 Å². The molecule has 2 amide bonds. The van der Waals surface area contributed by atoms with Gasteiger partial charge in [0.1, 0.15) is 11.4 Å². The number of benzene rings is 2. The lowest BCUT2D eigenvalue weighted by Crippen LogP contribution is -2.50. The zero-order valence-corrected chi connectivity index (χ0v) is 24.1. The summed E-state index contributed by atoms with van der Waals surface area (Å²) in [6, 6.07) is 12.9. The molecular formula is C32H35ClN4O3. The predicted molar refractivity (Wildman–Crippen MR) is 158 cm³/mol. The molecule has 0 unspecified atom stereocenters. The number of likely N-dealkylation sites (tertiary alicyclic amines) is 2. The highest BCUT2D eigenvalue weighted by Crippen LogP contribution is 2.41. The summed E-state index contributed by atoms with van der Waals surface area (Å²) in [7, 11) is 0. The minimum Gasteiger partial charge on any atom is -0.444 e. The molecule has 1 spiro atoms. The third-order valence-electron chi connectivity index (χ3n) is 7.93. The molecule has 0 saturated carbocycles. The van der Waals surface area contributed by atoms with Crippen molar-refractivity contribution in [1.82, 2.24) is 14.8 Å². The van der Waals surface area contributed by atoms with Gasteiger partial charge in [-0.3, -0.25) is 4.79 Å². The highest BCUT2D eigenvalue weighted by molar-refractivity contribution is 6.31. The molecule has 208 valence electrons. The third-order valence-corrected chi connectivity index (χ3v) is 8.17. The Morgan fingerprint density at radius 2 is 1.57 bits per heavy atom. The number of aromatic nitrogens is 1. The molecule has 8 heteroatoms. The number of carbonyl (C=O) groups excluding carboxylic acids is 2. The normalized spacial score (nSPS) is 16.9. The van der Waals surface area contributed by atoms with Crippen molar-refractivity contribution in [3.63, 3.8) is 0 Å². The van der Waals surface area contributed by atoms with Crippen molar-refractivity contribution in [2.75, 3.05) is 31.9 Å². The van der Waals surface area contributed by atoms with E-state index in [0.717, 1.165) is 55.1 Å². The van der Waals surface area contributed by atoms with Crippen LogP contribution >= 0.6 is 11.6 Å². The Labute approximate surface area is 240 Å². The first-order valence-electron chi connectivity index (χ1n) is 13.8. The van der Waals surface area contributed by atoms with Gasteiger partial charge < -0.3 is 20.3 Å². The summed E-state index contributed by atoms with van der Waals surface area (Å²) in [5, 5.41) is 2.39. The summed E-state index contributed by atoms with van der Waals surface area (Å²) in [5.74, 6) is 6.68. The lowest BCUT2D eigenvalue weighted by atomic mass is 9.71. The van der Waals surface area contributed by atoms with Gasteiger partial charge in [-0.15, -0.1) is 0 Å². The summed E-state index contributed by atoms with van der Waals surface area (Å²) in [5.41, 5.74) is 7.89. The third kappa shape index (κ3) is 6.18. The molecule has 2 fully saturated rings. The number of nitrogen functional groups attached to an aromatic ring is 1. The first-order valence-corrected chi connectivity index (χ1v) is 14.1. The largest absolute Gasteiger partial charge is 0.444 e. The Morgan fingerprint density at radius 1 is 0.950 bits per heavy atom. The molecule has 2 N–H and O–H groups in total. The van der Waals surface area contributed by atoms with E-state index in [-0.39, 0.29) is 17.4 Å². The number of fused-ring (bicyclic) bond motifs is 1. The predicted octanol–water partition coefficient (Wildman–Crippen LogP) is 6.12. The number of amides is 2. The van der Waals surface area contributed by atoms with Crippen LogP contribution in [-0.4, -0.2) is 58.6 Å². The maximum atomic E-state index is 13.2. The van der Waals surface area contributed by atoms with Crippen molar-refractivity contribution in [2.45, 2.75) is 52.1 Å². The fourth-order valence-electron chi connectivity index (χ4n) is 5.52. The second-order valence-electron chi connectivity index (χ2n) is 11.8. The van der Waals surface area contributed by atoms with Crippen LogP contribution in [0.1, 0.15) is 67.9 Å². The molecule has 2 aliphatic heterocycles. The monoisotopic (exact) mass is 558 g/mol. The van der Waals surface area contributed by atoms with E-state index in [0.29, 0.717) is 35.1 Å². The zero-order valence-electron chi connectivity index (χ0n) is 23.3. The number of hydrogen-bond donors (Lipinski definition) is 1. The molecule has 7 nitrogen and oxygen atoms in total. The lowest BCUT2D eigenvalue weighted by molar-refractivity contribution is -0.00113. The van der Waals surface area contributed by atoms with Crippen LogP contribution < -0.4 is 5.73 Å². The molecular weight excluding hydrogens is 524 g/mol. The van der Waals surface area contributed by atoms with Crippen LogP contribution in [0.2, 0.25) is 5.02 Å². The van der Waals surface area contributed by atoms with E-state index in [1.807, 2.05) is 73.0 Å². The van der Waals surface area contributed by atoms with Crippen LogP contribution in [0.4, 0.5) is 10.6 Å². The number of pyridine rings is 1. The van der Waals surface area contributed by atoms with Crippen molar-refractivity contribution in [1.29, 1.82) is 0 Å². The fourth-order valence-corrected chi connectivity index (χ4v) is 5.69. The first-order chi connectivity index (χ1) is 19.0. The molecule has 40 heavy (non-hydrogen) atoms. The molecule has 1 aromatic heterocycles. The van der Waals surface area contributed by atoms with Crippen molar-refractivity contribution in [3.05, 3.63) is 70.4 Å². The Kier molecular flexibility index (Phi) is 7.65. The fraction of sp³-hybridized carbons (Fsp3) is 0.406. The van der Waals surface area contributed by atoms with Crippen molar-refractivity contribution < 1.29 is 14.3 Å². The van der Waals surface area contributed by atoms with Crippen molar-refractivity contribution in [2.24, 2.45) is 5.41 Å². The molecule has 3 aromatic rings. The van der Waals surface area contributed by atoms with Crippen molar-refractivity contribution >= 4 is 40.2 Å². The molecule has 0 aliphatic carbocycles. The highest BCUT2D eigenvalue weighted by Gasteiger charge is 2.40. The lowest BCUT2D eigenvalue weighted by Gasteiger charge is -2.46. The Morgan fingerprint density at radius 3 is 2.20 bits per heavy atom. The smallest absolute Gasteiger partial charge is 0.410 e. The molecule has 5 rings (SSSR count). The van der Waals surface area contributed by atoms with Crippen LogP contribution in [0.5, 0.6) is 0 Å². The van der Waals surface area contributed by atoms with E-state index in [1.165, 1.54) is 0 Å². The van der Waals surface area contributed by atoms with E-state index in [4.69, 9.17) is 22.1 Å². The number of hydrogen-bond acceptors (Lipinski definition) is 5. The minimum atomic E-state index is -0.486. The molecule has 0 bridgehead atoms. The molecule has 2 aliphatic rings. The quantitative estimate of drug-likeness (QED) is 0.363. The zero-order chi connectivity index (χ0) is 28.5. The Balaban J connectivity index is 1.19. The van der Waals surface area contributed by atoms with Crippen LogP contribution in [0.25, 0.3) is 10.8 Å². The number of nitrogens with two attached hydrogens (primary N) is 1. The van der Waals surface area contributed by atoms with Crippen LogP contribution in [-0.2, 0) is 4.74 Å². The summed E-state index contributed by atoms with van der Waals surface area (Å²) >= 11 is 6.19. The number of rotatable bonds is 1. The number of anilines is 1. The summed E-state index contributed by atoms with van der Waals surface area (Å²) < 4.78 is 5.54. The molecule has 2 aromatic carbocycles. The summed E-state index contributed by atoms with van der Waals surface area (Å²) in [6.45, 7) is 8.53. The second-order valence-corrected chi connectivity index (χ2v) is 12.3. The van der Waals surface area contributed by atoms with Gasteiger partial charge in [0.05, 0.1) is 5.56 Å². The van der Waals surface area contributed by atoms with Crippen LogP contribution in [0.3, 0.4) is 0 Å². The summed E-state index contributed by atoms with van der Waals surface area (Å²) in [6.07, 6.45) is 5.28. The van der Waals surface area contributed by atoms with Gasteiger partial charge in [0.2, 0.25) is 0 Å². The Hall–Kier alpha value is -3.76. The van der Waals surface area contributed by atoms with Gasteiger partial charge in [0, 0.05) is 59.3 Å². The summed E-state index contributed by atoms with van der Waals surface area (Å²) in [4.78, 5) is 33.7. The van der Waals surface area contributed by atoms with E-state index < -0.39 is 5.60 Å². The number of nitrogens with zero attached hydrogens (tertiary/aromatic N) is 3. The number of piperidine rings is 2. The van der Waals surface area contributed by atoms with Gasteiger partial charge in [-0.2, -0.15) is 0 Å². The average Bonchev–Trinajstić information content (AvgIpc) is 2.92. The van der Waals surface area contributed by atoms with E-state index in [2.05, 4.69) is 16.8 Å². The Bertz CT molecular complexity index is 1480. The maximum absolute atomic E-state index is 13.2. The SMILES string of the molecule is CC(C)(C)OC(=O)N1CCC2(CC1)CCN(C(=O)c1ccc(C#Cc3c(N)ncc4ccc(Cl)cc34)cc1)CC2. The standard InChI is InChI=1S/C32H35ClN4O3/c1-31(2,3)40-30(39)37-18-14-32(15-19-37)12-16-36(17-13-32)29(38)23-7-4-22(5-8-23)6-11-26-27-20-25(33)10-9-24(27)21-35-28(26)34/h4-5,7-10,20-21H,12-19H2,1-3H3,(H2,34,35). The second kappa shape index (κ2) is 11.0. The number of halogens is 1. The van der Waals surface area contributed by atoms with E-state index >= 15 is 0 Å². The minimum absolute atomic E-state index is 0.0395. The topological polar surface area (TPSA) is 88.8 Å². The highest BCUT2D eigenvalue weighted by atomic mass is 35.5. The molecule has 0 atom stereocenters. The maximum Gasteiger partial charge on any atom is 0.410 e. The van der Waals surface area contributed by atoms with Gasteiger partial charge in [-0.25, -0.2) is 9.78 Å². The van der Waals surface area contributed by atoms with Gasteiger partial charge in [0.15, 0.2) is 0 Å². The van der Waals surface area contributed by atoms with E-state index in [1.54, 1.807) is 6.20 Å². The van der Waals surface area contributed by atoms with Gasteiger partial charge in [-0.05, 0) is 88.3 Å². The van der Waals surface area contributed by atoms with E-state index in [9.17, 15) is 9.59 Å². The number of carbonyl (C=O) groups is 2. The number of ether oxygens (including phenoxy) is 1.